The van der Waals surface area contributed by atoms with Crippen LogP contribution < -0.4 is 10.1 Å². The summed E-state index contributed by atoms with van der Waals surface area (Å²) in [6.45, 7) is -0.575. The van der Waals surface area contributed by atoms with Crippen LogP contribution in [-0.4, -0.2) is 42.8 Å². The van der Waals surface area contributed by atoms with Gasteiger partial charge in [0.05, 0.1) is 13.1 Å². The minimum Gasteiger partial charge on any atom is -0.441 e. The first-order chi connectivity index (χ1) is 10.6. The molecule has 2 aliphatic rings. The van der Waals surface area contributed by atoms with Crippen molar-refractivity contribution in [2.24, 2.45) is 0 Å². The van der Waals surface area contributed by atoms with Crippen molar-refractivity contribution in [3.63, 3.8) is 0 Å². The molecule has 2 heterocycles. The Labute approximate surface area is 139 Å². The van der Waals surface area contributed by atoms with Gasteiger partial charge in [0.25, 0.3) is 0 Å². The van der Waals surface area contributed by atoms with E-state index in [4.69, 9.17) is 4.74 Å². The molecule has 0 aromatic heterocycles. The Balaban J connectivity index is 0.00000192. The number of amides is 1. The van der Waals surface area contributed by atoms with Crippen LogP contribution >= 0.6 is 12.4 Å². The van der Waals surface area contributed by atoms with Gasteiger partial charge in [-0.1, -0.05) is 18.2 Å². The summed E-state index contributed by atoms with van der Waals surface area (Å²) in [4.78, 5) is 13.6. The van der Waals surface area contributed by atoms with E-state index in [1.54, 1.807) is 23.1 Å². The predicted octanol–water partition coefficient (Wildman–Crippen LogP) is 2.78. The first kappa shape index (κ1) is 17.7. The highest BCUT2D eigenvalue weighted by Gasteiger charge is 2.45. The lowest BCUT2D eigenvalue weighted by molar-refractivity contribution is -0.0506. The van der Waals surface area contributed by atoms with Crippen molar-refractivity contribution in [3.05, 3.63) is 29.8 Å². The number of halogens is 3. The molecule has 0 unspecified atom stereocenters. The molecule has 23 heavy (non-hydrogen) atoms. The number of carbonyl (C=O) groups is 1. The molecule has 1 aromatic carbocycles. The van der Waals surface area contributed by atoms with Gasteiger partial charge < -0.3 is 14.8 Å². The summed E-state index contributed by atoms with van der Waals surface area (Å²) in [6.07, 6.45) is 1.14. The lowest BCUT2D eigenvalue weighted by atomic mass is 9.92. The van der Waals surface area contributed by atoms with Crippen LogP contribution in [0.2, 0.25) is 0 Å². The molecule has 1 amide bonds. The first-order valence-electron chi connectivity index (χ1n) is 7.29. The summed E-state index contributed by atoms with van der Waals surface area (Å²) in [7, 11) is 0. The number of hydrogen-bond acceptors (Lipinski definition) is 4. The number of nitrogens with zero attached hydrogens (tertiary/aromatic N) is 1. The molecular formula is C15H19ClF2N2O3. The van der Waals surface area contributed by atoms with E-state index in [9.17, 15) is 13.6 Å². The number of carbonyl (C=O) groups excluding carboxylic acids is 1. The van der Waals surface area contributed by atoms with Crippen LogP contribution in [0.15, 0.2) is 24.3 Å². The number of hydrogen-bond donors (Lipinski definition) is 1. The number of alkyl halides is 2. The van der Waals surface area contributed by atoms with E-state index in [-0.39, 0.29) is 24.7 Å². The highest BCUT2D eigenvalue weighted by Crippen LogP contribution is 2.33. The average Bonchev–Trinajstić information content (AvgIpc) is 2.77. The molecule has 0 aliphatic carbocycles. The third kappa shape index (κ3) is 4.03. The standard InChI is InChI=1S/C15H18F2N2O3.ClH/c16-13(17)21-12-4-2-1-3-11(12)9-19-10-15(22-14(19)20)5-7-18-8-6-15;/h1-4,13,18H,5-10H2;1H. The number of ether oxygens (including phenoxy) is 2. The lowest BCUT2D eigenvalue weighted by Crippen LogP contribution is -2.44. The minimum atomic E-state index is -2.89. The first-order valence-corrected chi connectivity index (χ1v) is 7.29. The molecule has 2 aliphatic heterocycles. The van der Waals surface area contributed by atoms with E-state index in [0.29, 0.717) is 12.1 Å². The molecule has 2 fully saturated rings. The number of benzene rings is 1. The molecule has 3 rings (SSSR count). The summed E-state index contributed by atoms with van der Waals surface area (Å²) >= 11 is 0. The summed E-state index contributed by atoms with van der Waals surface area (Å²) in [5.41, 5.74) is 0.103. The summed E-state index contributed by atoms with van der Waals surface area (Å²) in [6, 6.07) is 6.51. The molecule has 0 saturated carbocycles. The molecule has 2 saturated heterocycles. The van der Waals surface area contributed by atoms with E-state index in [1.807, 2.05) is 0 Å². The molecule has 0 radical (unpaired) electrons. The third-order valence-corrected chi connectivity index (χ3v) is 4.11. The van der Waals surface area contributed by atoms with Crippen molar-refractivity contribution in [2.75, 3.05) is 19.6 Å². The fourth-order valence-electron chi connectivity index (χ4n) is 3.01. The van der Waals surface area contributed by atoms with Crippen molar-refractivity contribution in [1.29, 1.82) is 0 Å². The average molecular weight is 349 g/mol. The van der Waals surface area contributed by atoms with Crippen molar-refractivity contribution >= 4 is 18.5 Å². The van der Waals surface area contributed by atoms with Crippen LogP contribution in [0.25, 0.3) is 0 Å². The van der Waals surface area contributed by atoms with Gasteiger partial charge in [0, 0.05) is 18.4 Å². The maximum absolute atomic E-state index is 12.4. The second-order valence-corrected chi connectivity index (χ2v) is 5.64. The van der Waals surface area contributed by atoms with Gasteiger partial charge in [0.1, 0.15) is 11.4 Å². The predicted molar refractivity (Wildman–Crippen MR) is 82.0 cm³/mol. The summed E-state index contributed by atoms with van der Waals surface area (Å²) < 4.78 is 34.9. The molecular weight excluding hydrogens is 330 g/mol. The van der Waals surface area contributed by atoms with E-state index in [1.165, 1.54) is 6.07 Å². The van der Waals surface area contributed by atoms with Crippen LogP contribution in [0.4, 0.5) is 13.6 Å². The molecule has 8 heteroatoms. The molecule has 128 valence electrons. The van der Waals surface area contributed by atoms with Gasteiger partial charge in [-0.15, -0.1) is 12.4 Å². The Morgan fingerprint density at radius 3 is 2.70 bits per heavy atom. The third-order valence-electron chi connectivity index (χ3n) is 4.11. The molecule has 1 N–H and O–H groups in total. The Bertz CT molecular complexity index is 553. The fraction of sp³-hybridized carbons (Fsp3) is 0.533. The molecule has 0 bridgehead atoms. The van der Waals surface area contributed by atoms with Gasteiger partial charge in [0.15, 0.2) is 0 Å². The molecule has 1 spiro atoms. The molecule has 0 atom stereocenters. The van der Waals surface area contributed by atoms with Crippen molar-refractivity contribution < 1.29 is 23.0 Å². The van der Waals surface area contributed by atoms with Gasteiger partial charge in [-0.05, 0) is 19.2 Å². The van der Waals surface area contributed by atoms with Crippen LogP contribution in [0.3, 0.4) is 0 Å². The zero-order chi connectivity index (χ0) is 15.6. The van der Waals surface area contributed by atoms with Crippen molar-refractivity contribution in [1.82, 2.24) is 10.2 Å². The van der Waals surface area contributed by atoms with Crippen LogP contribution in [-0.2, 0) is 11.3 Å². The Morgan fingerprint density at radius 2 is 2.00 bits per heavy atom. The highest BCUT2D eigenvalue weighted by atomic mass is 35.5. The molecule has 1 aromatic rings. The minimum absolute atomic E-state index is 0. The van der Waals surface area contributed by atoms with E-state index in [2.05, 4.69) is 10.1 Å². The van der Waals surface area contributed by atoms with Gasteiger partial charge >= 0.3 is 12.7 Å². The van der Waals surface area contributed by atoms with Crippen LogP contribution in [0, 0.1) is 0 Å². The molecule has 5 nitrogen and oxygen atoms in total. The Morgan fingerprint density at radius 1 is 1.30 bits per heavy atom. The van der Waals surface area contributed by atoms with Gasteiger partial charge in [-0.2, -0.15) is 8.78 Å². The van der Waals surface area contributed by atoms with E-state index in [0.717, 1.165) is 25.9 Å². The fourth-order valence-corrected chi connectivity index (χ4v) is 3.01. The van der Waals surface area contributed by atoms with E-state index >= 15 is 0 Å². The number of nitrogens with one attached hydrogen (secondary N) is 1. The lowest BCUT2D eigenvalue weighted by Gasteiger charge is -2.31. The second-order valence-electron chi connectivity index (χ2n) is 5.64. The van der Waals surface area contributed by atoms with Crippen molar-refractivity contribution in [2.45, 2.75) is 31.6 Å². The smallest absolute Gasteiger partial charge is 0.410 e. The Kier molecular flexibility index (Phi) is 5.64. The topological polar surface area (TPSA) is 50.8 Å². The summed E-state index contributed by atoms with van der Waals surface area (Å²) in [5.74, 6) is 0.0940. The largest absolute Gasteiger partial charge is 0.441 e. The van der Waals surface area contributed by atoms with Crippen LogP contribution in [0.5, 0.6) is 5.75 Å². The Hall–Kier alpha value is -1.60. The normalized spacial score (nSPS) is 19.6. The van der Waals surface area contributed by atoms with Crippen LogP contribution in [0.1, 0.15) is 18.4 Å². The summed E-state index contributed by atoms with van der Waals surface area (Å²) in [5, 5.41) is 3.23. The van der Waals surface area contributed by atoms with Crippen molar-refractivity contribution in [3.8, 4) is 5.75 Å². The SMILES string of the molecule is Cl.O=C1OC2(CCNCC2)CN1Cc1ccccc1OC(F)F. The maximum Gasteiger partial charge on any atom is 0.410 e. The monoisotopic (exact) mass is 348 g/mol. The maximum atomic E-state index is 12.4. The second kappa shape index (κ2) is 7.31. The highest BCUT2D eigenvalue weighted by molar-refractivity contribution is 5.85. The number of rotatable bonds is 4. The quantitative estimate of drug-likeness (QED) is 0.909. The number of para-hydroxylation sites is 1. The van der Waals surface area contributed by atoms with Gasteiger partial charge in [-0.3, -0.25) is 4.90 Å². The van der Waals surface area contributed by atoms with E-state index < -0.39 is 18.3 Å². The van der Waals surface area contributed by atoms with Gasteiger partial charge in [-0.25, -0.2) is 4.79 Å². The zero-order valence-electron chi connectivity index (χ0n) is 12.5. The zero-order valence-corrected chi connectivity index (χ0v) is 13.3. The van der Waals surface area contributed by atoms with Gasteiger partial charge in [0.2, 0.25) is 0 Å². The number of piperidine rings is 1.